The molecule has 3 aromatic carbocycles. The van der Waals surface area contributed by atoms with E-state index >= 15 is 0 Å². The zero-order valence-electron chi connectivity index (χ0n) is 18.8. The Kier molecular flexibility index (Phi) is 7.13. The summed E-state index contributed by atoms with van der Waals surface area (Å²) in [5.41, 5.74) is 0.921. The van der Waals surface area contributed by atoms with E-state index in [1.807, 2.05) is 0 Å². The number of carbonyl (C=O) groups excluding carboxylic acids is 2. The molecular formula is C25H23FN2O6S. The fraction of sp³-hybridized carbons (Fsp3) is 0.200. The van der Waals surface area contributed by atoms with Crippen LogP contribution >= 0.6 is 0 Å². The first-order valence-electron chi connectivity index (χ1n) is 10.7. The molecule has 8 nitrogen and oxygen atoms in total. The van der Waals surface area contributed by atoms with Crippen LogP contribution in [0.2, 0.25) is 0 Å². The number of esters is 1. The monoisotopic (exact) mass is 498 g/mol. The van der Waals surface area contributed by atoms with E-state index in [2.05, 4.69) is 0 Å². The molecule has 3 aromatic rings. The summed E-state index contributed by atoms with van der Waals surface area (Å²) in [5, 5.41) is 0. The van der Waals surface area contributed by atoms with Crippen LogP contribution in [-0.4, -0.2) is 50.9 Å². The van der Waals surface area contributed by atoms with E-state index < -0.39 is 40.4 Å². The van der Waals surface area contributed by atoms with Gasteiger partial charge in [0.2, 0.25) is 22.0 Å². The number of nitrogens with zero attached hydrogens (tertiary/aromatic N) is 2. The molecule has 10 heteroatoms. The first-order chi connectivity index (χ1) is 16.8. The van der Waals surface area contributed by atoms with Crippen LogP contribution in [0.4, 0.5) is 10.1 Å². The molecule has 0 spiro atoms. The van der Waals surface area contributed by atoms with Crippen molar-refractivity contribution >= 4 is 27.6 Å². The van der Waals surface area contributed by atoms with Crippen LogP contribution in [0.25, 0.3) is 0 Å². The third-order valence-corrected chi connectivity index (χ3v) is 7.31. The van der Waals surface area contributed by atoms with Gasteiger partial charge in [-0.25, -0.2) is 17.6 Å². The van der Waals surface area contributed by atoms with Crippen molar-refractivity contribution in [2.24, 2.45) is 0 Å². The quantitative estimate of drug-likeness (QED) is 0.465. The van der Waals surface area contributed by atoms with Crippen molar-refractivity contribution in [3.63, 3.8) is 0 Å². The van der Waals surface area contributed by atoms with Gasteiger partial charge in [-0.2, -0.15) is 4.31 Å². The van der Waals surface area contributed by atoms with Crippen molar-refractivity contribution in [3.8, 4) is 5.75 Å². The summed E-state index contributed by atoms with van der Waals surface area (Å²) in [5.74, 6) is -1.37. The molecule has 0 fully saturated rings. The highest BCUT2D eigenvalue weighted by molar-refractivity contribution is 7.89. The minimum Gasteiger partial charge on any atom is -0.475 e. The van der Waals surface area contributed by atoms with Gasteiger partial charge in [0.25, 0.3) is 0 Å². The van der Waals surface area contributed by atoms with Crippen molar-refractivity contribution in [3.05, 3.63) is 90.2 Å². The predicted octanol–water partition coefficient (Wildman–Crippen LogP) is 2.98. The highest BCUT2D eigenvalue weighted by atomic mass is 32.2. The van der Waals surface area contributed by atoms with E-state index in [1.54, 1.807) is 42.5 Å². The molecule has 0 aliphatic carbocycles. The van der Waals surface area contributed by atoms with Gasteiger partial charge in [0.15, 0.2) is 0 Å². The van der Waals surface area contributed by atoms with Gasteiger partial charge in [-0.1, -0.05) is 42.5 Å². The first kappa shape index (κ1) is 24.4. The number of benzene rings is 3. The Morgan fingerprint density at radius 2 is 1.69 bits per heavy atom. The van der Waals surface area contributed by atoms with Crippen LogP contribution in [-0.2, 0) is 30.9 Å². The molecule has 0 saturated heterocycles. The van der Waals surface area contributed by atoms with Crippen LogP contribution in [0.5, 0.6) is 5.75 Å². The third kappa shape index (κ3) is 5.33. The van der Waals surface area contributed by atoms with Crippen molar-refractivity contribution in [1.82, 2.24) is 4.31 Å². The van der Waals surface area contributed by atoms with Gasteiger partial charge >= 0.3 is 5.97 Å². The molecule has 0 radical (unpaired) electrons. The average Bonchev–Trinajstić information content (AvgIpc) is 2.88. The van der Waals surface area contributed by atoms with Gasteiger partial charge in [-0.3, -0.25) is 4.79 Å². The van der Waals surface area contributed by atoms with Gasteiger partial charge in [0.05, 0.1) is 30.8 Å². The fourth-order valence-electron chi connectivity index (χ4n) is 3.72. The molecule has 1 aliphatic heterocycles. The standard InChI is InChI=1S/C25H23FN2O6S/c1-33-25(30)23-16-28(21-9-5-6-10-22(21)34-23)24(29)17-27(15-18-11-13-19(26)14-12-18)35(31,32)20-7-3-2-4-8-20/h2-14,23H,15-17H2,1H3/t23-/m1/s1. The lowest BCUT2D eigenvalue weighted by Gasteiger charge is -2.34. The van der Waals surface area contributed by atoms with E-state index in [-0.39, 0.29) is 18.0 Å². The summed E-state index contributed by atoms with van der Waals surface area (Å²) < 4.78 is 51.8. The molecular weight excluding hydrogens is 475 g/mol. The first-order valence-corrected chi connectivity index (χ1v) is 12.2. The number of halogens is 1. The Labute approximate surface area is 202 Å². The highest BCUT2D eigenvalue weighted by Gasteiger charge is 2.36. The molecule has 4 rings (SSSR count). The Morgan fingerprint density at radius 1 is 1.03 bits per heavy atom. The molecule has 1 atom stereocenters. The maximum absolute atomic E-state index is 13.5. The van der Waals surface area contributed by atoms with Gasteiger partial charge in [0.1, 0.15) is 11.6 Å². The largest absolute Gasteiger partial charge is 0.475 e. The summed E-state index contributed by atoms with van der Waals surface area (Å²) >= 11 is 0. The molecule has 0 saturated carbocycles. The molecule has 0 N–H and O–H groups in total. The molecule has 0 unspecified atom stereocenters. The molecule has 1 amide bonds. The number of sulfonamides is 1. The Bertz CT molecular complexity index is 1320. The number of anilines is 1. The lowest BCUT2D eigenvalue weighted by molar-refractivity contribution is -0.148. The van der Waals surface area contributed by atoms with Gasteiger partial charge in [-0.15, -0.1) is 0 Å². The lowest BCUT2D eigenvalue weighted by atomic mass is 10.1. The number of methoxy groups -OCH3 is 1. The second kappa shape index (κ2) is 10.2. The second-order valence-corrected chi connectivity index (χ2v) is 9.75. The molecule has 182 valence electrons. The highest BCUT2D eigenvalue weighted by Crippen LogP contribution is 2.34. The minimum absolute atomic E-state index is 0.0183. The zero-order valence-corrected chi connectivity index (χ0v) is 19.7. The van der Waals surface area contributed by atoms with Gasteiger partial charge < -0.3 is 14.4 Å². The predicted molar refractivity (Wildman–Crippen MR) is 126 cm³/mol. The number of hydrogen-bond acceptors (Lipinski definition) is 6. The Balaban J connectivity index is 1.67. The number of para-hydroxylation sites is 2. The second-order valence-electron chi connectivity index (χ2n) is 7.81. The summed E-state index contributed by atoms with van der Waals surface area (Å²) in [6.45, 7) is -0.815. The molecule has 1 aliphatic rings. The van der Waals surface area contributed by atoms with Crippen LogP contribution in [0.15, 0.2) is 83.8 Å². The van der Waals surface area contributed by atoms with E-state index in [4.69, 9.17) is 9.47 Å². The van der Waals surface area contributed by atoms with Crippen molar-refractivity contribution < 1.29 is 31.9 Å². The normalized spacial score (nSPS) is 15.3. The maximum atomic E-state index is 13.5. The van der Waals surface area contributed by atoms with Crippen LogP contribution in [0.1, 0.15) is 5.56 Å². The third-order valence-electron chi connectivity index (χ3n) is 5.50. The molecule has 0 aromatic heterocycles. The number of fused-ring (bicyclic) bond motifs is 1. The van der Waals surface area contributed by atoms with E-state index in [0.29, 0.717) is 17.0 Å². The van der Waals surface area contributed by atoms with E-state index in [0.717, 1.165) is 4.31 Å². The summed E-state index contributed by atoms with van der Waals surface area (Å²) in [4.78, 5) is 27.0. The number of amides is 1. The van der Waals surface area contributed by atoms with E-state index in [9.17, 15) is 22.4 Å². The van der Waals surface area contributed by atoms with Gasteiger partial charge in [-0.05, 0) is 42.0 Å². The van der Waals surface area contributed by atoms with E-state index in [1.165, 1.54) is 48.4 Å². The van der Waals surface area contributed by atoms with Crippen molar-refractivity contribution in [2.45, 2.75) is 17.5 Å². The molecule has 1 heterocycles. The number of ether oxygens (including phenoxy) is 2. The zero-order chi connectivity index (χ0) is 25.0. The van der Waals surface area contributed by atoms with Gasteiger partial charge in [0, 0.05) is 6.54 Å². The van der Waals surface area contributed by atoms with Crippen LogP contribution < -0.4 is 9.64 Å². The minimum atomic E-state index is -4.09. The molecule has 35 heavy (non-hydrogen) atoms. The Morgan fingerprint density at radius 3 is 2.37 bits per heavy atom. The van der Waals surface area contributed by atoms with Crippen molar-refractivity contribution in [2.75, 3.05) is 25.1 Å². The topological polar surface area (TPSA) is 93.2 Å². The maximum Gasteiger partial charge on any atom is 0.348 e. The summed E-state index contributed by atoms with van der Waals surface area (Å²) in [7, 11) is -2.87. The van der Waals surface area contributed by atoms with Crippen molar-refractivity contribution in [1.29, 1.82) is 0 Å². The lowest BCUT2D eigenvalue weighted by Crippen LogP contribution is -2.50. The SMILES string of the molecule is COC(=O)[C@H]1CN(C(=O)CN(Cc2ccc(F)cc2)S(=O)(=O)c2ccccc2)c2ccccc2O1. The summed E-state index contributed by atoms with van der Waals surface area (Å²) in [6, 6.07) is 19.8. The summed E-state index contributed by atoms with van der Waals surface area (Å²) in [6.07, 6.45) is -1.06. The fourth-order valence-corrected chi connectivity index (χ4v) is 5.12. The number of rotatable bonds is 7. The molecule has 0 bridgehead atoms. The van der Waals surface area contributed by atoms with Crippen LogP contribution in [0.3, 0.4) is 0 Å². The Hall–Kier alpha value is -3.76. The average molecular weight is 499 g/mol. The smallest absolute Gasteiger partial charge is 0.348 e. The number of carbonyl (C=O) groups is 2. The van der Waals surface area contributed by atoms with Crippen LogP contribution in [0, 0.1) is 5.82 Å². The number of hydrogen-bond donors (Lipinski definition) is 0.